The Balaban J connectivity index is 3.07. The number of nitriles is 1. The monoisotopic (exact) mass is 296 g/mol. The normalized spacial score (nSPS) is 11.9. The Kier molecular flexibility index (Phi) is 5.46. The van der Waals surface area contributed by atoms with Crippen molar-refractivity contribution in [3.05, 3.63) is 28.2 Å². The summed E-state index contributed by atoms with van der Waals surface area (Å²) in [6.45, 7) is 5.30. The van der Waals surface area contributed by atoms with Crippen molar-refractivity contribution in [3.63, 3.8) is 0 Å². The molecule has 0 aliphatic heterocycles. The summed E-state index contributed by atoms with van der Waals surface area (Å²) in [6.07, 6.45) is -0.0196. The largest absolute Gasteiger partial charge is 0.389 e. The second kappa shape index (κ2) is 6.63. The lowest BCUT2D eigenvalue weighted by Gasteiger charge is -2.26. The Morgan fingerprint density at radius 1 is 1.53 bits per heavy atom. The Labute approximate surface area is 111 Å². The minimum absolute atomic E-state index is 0.486. The van der Waals surface area contributed by atoms with Gasteiger partial charge in [0.05, 0.1) is 18.6 Å². The predicted molar refractivity (Wildman–Crippen MR) is 72.9 cm³/mol. The molecule has 0 amide bonds. The molecule has 0 aromatic heterocycles. The zero-order valence-corrected chi connectivity index (χ0v) is 11.7. The highest BCUT2D eigenvalue weighted by Crippen LogP contribution is 2.29. The maximum Gasteiger partial charge on any atom is 0.0782 e. The number of hydrogen-bond donors (Lipinski definition) is 1. The van der Waals surface area contributed by atoms with Gasteiger partial charge in [-0.2, -0.15) is 5.26 Å². The first-order valence-corrected chi connectivity index (χ1v) is 6.48. The fraction of sp³-hybridized carbons (Fsp3) is 0.462. The maximum atomic E-state index is 9.76. The fourth-order valence-corrected chi connectivity index (χ4v) is 2.13. The van der Waals surface area contributed by atoms with Crippen LogP contribution in [-0.4, -0.2) is 18.2 Å². The van der Waals surface area contributed by atoms with Gasteiger partial charge in [-0.25, -0.2) is 0 Å². The summed E-state index contributed by atoms with van der Waals surface area (Å²) in [4.78, 5) is 2.11. The van der Waals surface area contributed by atoms with Gasteiger partial charge in [0.1, 0.15) is 0 Å². The van der Waals surface area contributed by atoms with Gasteiger partial charge in [0.2, 0.25) is 0 Å². The summed E-state index contributed by atoms with van der Waals surface area (Å²) in [5, 5.41) is 18.4. The van der Waals surface area contributed by atoms with E-state index in [1.54, 1.807) is 6.92 Å². The topological polar surface area (TPSA) is 47.3 Å². The molecule has 0 saturated heterocycles. The number of rotatable bonds is 5. The number of aliphatic hydroxyl groups is 1. The number of anilines is 1. The van der Waals surface area contributed by atoms with Crippen molar-refractivity contribution in [3.8, 4) is 6.07 Å². The van der Waals surface area contributed by atoms with E-state index in [1.807, 2.05) is 25.1 Å². The zero-order valence-electron chi connectivity index (χ0n) is 10.2. The van der Waals surface area contributed by atoms with Crippen molar-refractivity contribution in [2.45, 2.75) is 26.4 Å². The molecule has 0 fully saturated rings. The van der Waals surface area contributed by atoms with E-state index in [0.29, 0.717) is 13.0 Å². The zero-order chi connectivity index (χ0) is 12.8. The van der Waals surface area contributed by atoms with Crippen LogP contribution in [0.25, 0.3) is 0 Å². The van der Waals surface area contributed by atoms with Gasteiger partial charge in [0.25, 0.3) is 0 Å². The first-order valence-electron chi connectivity index (χ1n) is 5.69. The Bertz CT molecular complexity index is 412. The predicted octanol–water partition coefficient (Wildman–Crippen LogP) is 3.24. The molecule has 0 saturated carbocycles. The molecule has 4 heteroatoms. The molecular weight excluding hydrogens is 280 g/mol. The molecule has 0 spiro atoms. The summed E-state index contributed by atoms with van der Waals surface area (Å²) in [7, 11) is 0. The van der Waals surface area contributed by atoms with Gasteiger partial charge in [-0.3, -0.25) is 0 Å². The summed E-state index contributed by atoms with van der Waals surface area (Å²) in [5.41, 5.74) is 1.89. The fourth-order valence-electron chi connectivity index (χ4n) is 1.78. The number of benzene rings is 1. The highest BCUT2D eigenvalue weighted by molar-refractivity contribution is 9.10. The lowest BCUT2D eigenvalue weighted by molar-refractivity contribution is 0.199. The molecule has 1 aromatic rings. The van der Waals surface area contributed by atoms with Crippen LogP contribution in [0.1, 0.15) is 31.9 Å². The molecular formula is C13H17BrN2O. The molecule has 17 heavy (non-hydrogen) atoms. The molecule has 1 atom stereocenters. The molecule has 0 radical (unpaired) electrons. The third-order valence-corrected chi connectivity index (χ3v) is 3.15. The number of hydrogen-bond acceptors (Lipinski definition) is 3. The van der Waals surface area contributed by atoms with E-state index in [2.05, 4.69) is 26.9 Å². The van der Waals surface area contributed by atoms with Crippen LogP contribution in [0.3, 0.4) is 0 Å². The lowest BCUT2D eigenvalue weighted by atomic mass is 10.1. The summed E-state index contributed by atoms with van der Waals surface area (Å²) >= 11 is 3.44. The number of aliphatic hydroxyl groups excluding tert-OH is 1. The smallest absolute Gasteiger partial charge is 0.0782 e. The van der Waals surface area contributed by atoms with Crippen LogP contribution in [-0.2, 0) is 0 Å². The van der Waals surface area contributed by atoms with Gasteiger partial charge < -0.3 is 10.0 Å². The van der Waals surface area contributed by atoms with Gasteiger partial charge >= 0.3 is 0 Å². The van der Waals surface area contributed by atoms with E-state index in [4.69, 9.17) is 5.26 Å². The van der Waals surface area contributed by atoms with Crippen molar-refractivity contribution < 1.29 is 5.11 Å². The standard InChI is InChI=1S/C13H17BrN2O/c1-3-16(8-4-7-15)13-9-11(14)5-6-12(13)10(2)17/h5-6,9-10,17H,3-4,8H2,1-2H3. The average Bonchev–Trinajstić information content (AvgIpc) is 2.29. The minimum Gasteiger partial charge on any atom is -0.389 e. The molecule has 0 aliphatic rings. The third kappa shape index (κ3) is 3.72. The van der Waals surface area contributed by atoms with Crippen molar-refractivity contribution in [2.24, 2.45) is 0 Å². The van der Waals surface area contributed by atoms with Crippen LogP contribution < -0.4 is 4.90 Å². The quantitative estimate of drug-likeness (QED) is 0.907. The summed E-state index contributed by atoms with van der Waals surface area (Å²) in [5.74, 6) is 0. The first-order chi connectivity index (χ1) is 8.10. The van der Waals surface area contributed by atoms with E-state index >= 15 is 0 Å². The van der Waals surface area contributed by atoms with Gasteiger partial charge in [0, 0.05) is 28.8 Å². The van der Waals surface area contributed by atoms with Gasteiger partial charge in [0.15, 0.2) is 0 Å². The van der Waals surface area contributed by atoms with Gasteiger partial charge in [-0.15, -0.1) is 0 Å². The Hall–Kier alpha value is -1.05. The molecule has 0 bridgehead atoms. The van der Waals surface area contributed by atoms with Crippen LogP contribution >= 0.6 is 15.9 Å². The van der Waals surface area contributed by atoms with E-state index in [0.717, 1.165) is 22.3 Å². The van der Waals surface area contributed by atoms with Crippen LogP contribution in [0.15, 0.2) is 22.7 Å². The van der Waals surface area contributed by atoms with E-state index < -0.39 is 6.10 Å². The van der Waals surface area contributed by atoms with E-state index in [-0.39, 0.29) is 0 Å². The van der Waals surface area contributed by atoms with Gasteiger partial charge in [-0.05, 0) is 26.0 Å². The van der Waals surface area contributed by atoms with Crippen molar-refractivity contribution in [2.75, 3.05) is 18.0 Å². The first kappa shape index (κ1) is 14.0. The molecule has 3 nitrogen and oxygen atoms in total. The van der Waals surface area contributed by atoms with Crippen LogP contribution in [0.2, 0.25) is 0 Å². The van der Waals surface area contributed by atoms with Crippen molar-refractivity contribution in [1.82, 2.24) is 0 Å². The highest BCUT2D eigenvalue weighted by atomic mass is 79.9. The van der Waals surface area contributed by atoms with Crippen molar-refractivity contribution in [1.29, 1.82) is 5.26 Å². The maximum absolute atomic E-state index is 9.76. The summed E-state index contributed by atoms with van der Waals surface area (Å²) < 4.78 is 0.979. The minimum atomic E-state index is -0.505. The lowest BCUT2D eigenvalue weighted by Crippen LogP contribution is -2.25. The second-order valence-corrected chi connectivity index (χ2v) is 4.78. The molecule has 1 unspecified atom stereocenters. The SMILES string of the molecule is CCN(CCC#N)c1cc(Br)ccc1C(C)O. The Morgan fingerprint density at radius 2 is 2.24 bits per heavy atom. The van der Waals surface area contributed by atoms with Crippen LogP contribution in [0.5, 0.6) is 0 Å². The van der Waals surface area contributed by atoms with E-state index in [9.17, 15) is 5.11 Å². The third-order valence-electron chi connectivity index (χ3n) is 2.66. The second-order valence-electron chi connectivity index (χ2n) is 3.87. The van der Waals surface area contributed by atoms with Crippen LogP contribution in [0, 0.1) is 11.3 Å². The van der Waals surface area contributed by atoms with Gasteiger partial charge in [-0.1, -0.05) is 22.0 Å². The molecule has 0 aliphatic carbocycles. The molecule has 1 rings (SSSR count). The summed E-state index contributed by atoms with van der Waals surface area (Å²) in [6, 6.07) is 7.97. The number of nitrogens with zero attached hydrogens (tertiary/aromatic N) is 2. The van der Waals surface area contributed by atoms with Crippen LogP contribution in [0.4, 0.5) is 5.69 Å². The molecule has 92 valence electrons. The van der Waals surface area contributed by atoms with E-state index in [1.165, 1.54) is 0 Å². The average molecular weight is 297 g/mol. The highest BCUT2D eigenvalue weighted by Gasteiger charge is 2.13. The number of halogens is 1. The van der Waals surface area contributed by atoms with Crippen molar-refractivity contribution >= 4 is 21.6 Å². The molecule has 0 heterocycles. The molecule has 1 N–H and O–H groups in total. The Morgan fingerprint density at radius 3 is 2.76 bits per heavy atom. The molecule has 1 aromatic carbocycles.